The van der Waals surface area contributed by atoms with Gasteiger partial charge >= 0.3 is 5.69 Å². The molecular formula is C19H23Cl2N5O4. The average Bonchev–Trinajstić information content (AvgIpc) is 3.02. The van der Waals surface area contributed by atoms with Gasteiger partial charge in [-0.2, -0.15) is 4.98 Å². The number of aromatic nitrogens is 4. The molecule has 0 spiro atoms. The molecule has 3 rings (SSSR count). The topological polar surface area (TPSA) is 114 Å². The lowest BCUT2D eigenvalue weighted by atomic mass is 10.2. The first kappa shape index (κ1) is 22.2. The summed E-state index contributed by atoms with van der Waals surface area (Å²) >= 11 is 12.0. The molecule has 3 aromatic rings. The van der Waals surface area contributed by atoms with Crippen LogP contribution in [0.1, 0.15) is 13.8 Å². The van der Waals surface area contributed by atoms with Crippen LogP contribution >= 0.6 is 23.2 Å². The normalized spacial score (nSPS) is 12.5. The van der Waals surface area contributed by atoms with Crippen LogP contribution in [0, 0.1) is 5.92 Å². The Balaban J connectivity index is 1.89. The summed E-state index contributed by atoms with van der Waals surface area (Å²) in [5.74, 6) is 1.09. The zero-order chi connectivity index (χ0) is 22.0. The van der Waals surface area contributed by atoms with E-state index in [4.69, 9.17) is 27.9 Å². The Morgan fingerprint density at radius 2 is 2.03 bits per heavy atom. The highest BCUT2D eigenvalue weighted by atomic mass is 35.5. The van der Waals surface area contributed by atoms with E-state index >= 15 is 0 Å². The molecule has 0 aliphatic heterocycles. The fourth-order valence-electron chi connectivity index (χ4n) is 2.88. The second-order valence-electron chi connectivity index (χ2n) is 7.35. The van der Waals surface area contributed by atoms with E-state index in [1.54, 1.807) is 22.8 Å². The maximum atomic E-state index is 12.5. The summed E-state index contributed by atoms with van der Waals surface area (Å²) in [5.41, 5.74) is -0.725. The average molecular weight is 456 g/mol. The summed E-state index contributed by atoms with van der Waals surface area (Å²) in [7, 11) is 1.52. The predicted octanol–water partition coefficient (Wildman–Crippen LogP) is 2.24. The lowest BCUT2D eigenvalue weighted by Crippen LogP contribution is -2.31. The van der Waals surface area contributed by atoms with Crippen LogP contribution in [0.3, 0.4) is 0 Å². The number of H-pyrrole nitrogens is 1. The zero-order valence-electron chi connectivity index (χ0n) is 16.8. The summed E-state index contributed by atoms with van der Waals surface area (Å²) < 4.78 is 8.39. The third-order valence-electron chi connectivity index (χ3n) is 4.39. The number of aryl methyl sites for hydroxylation is 1. The van der Waals surface area contributed by atoms with Crippen LogP contribution < -0.4 is 21.3 Å². The van der Waals surface area contributed by atoms with E-state index in [1.807, 2.05) is 13.8 Å². The molecule has 0 fully saturated rings. The third kappa shape index (κ3) is 4.80. The van der Waals surface area contributed by atoms with Gasteiger partial charge in [-0.1, -0.05) is 37.0 Å². The number of hydrogen-bond acceptors (Lipinski definition) is 6. The van der Waals surface area contributed by atoms with Crippen LogP contribution in [0.2, 0.25) is 10.0 Å². The number of aliphatic hydroxyl groups is 1. The van der Waals surface area contributed by atoms with Gasteiger partial charge in [0.1, 0.15) is 18.5 Å². The fraction of sp³-hybridized carbons (Fsp3) is 0.421. The first-order chi connectivity index (χ1) is 14.2. The second kappa shape index (κ2) is 9.11. The molecule has 1 atom stereocenters. The van der Waals surface area contributed by atoms with Crippen LogP contribution in [-0.4, -0.2) is 43.5 Å². The Morgan fingerprint density at radius 1 is 1.30 bits per heavy atom. The Labute approximate surface area is 182 Å². The molecule has 0 radical (unpaired) electrons. The van der Waals surface area contributed by atoms with E-state index in [0.717, 1.165) is 0 Å². The van der Waals surface area contributed by atoms with Gasteiger partial charge in [0.2, 0.25) is 5.95 Å². The van der Waals surface area contributed by atoms with Crippen molar-refractivity contribution in [2.75, 3.05) is 18.5 Å². The molecule has 1 aromatic carbocycles. The van der Waals surface area contributed by atoms with E-state index in [1.165, 1.54) is 11.6 Å². The molecule has 0 aliphatic carbocycles. The van der Waals surface area contributed by atoms with Gasteiger partial charge in [0.25, 0.3) is 5.56 Å². The van der Waals surface area contributed by atoms with Crippen molar-refractivity contribution < 1.29 is 9.84 Å². The molecule has 2 aromatic heterocycles. The van der Waals surface area contributed by atoms with E-state index in [2.05, 4.69) is 15.3 Å². The molecule has 1 unspecified atom stereocenters. The zero-order valence-corrected chi connectivity index (χ0v) is 18.3. The number of anilines is 1. The number of nitrogens with one attached hydrogen (secondary N) is 2. The summed E-state index contributed by atoms with van der Waals surface area (Å²) in [6.45, 7) is 4.60. The lowest BCUT2D eigenvalue weighted by Gasteiger charge is -2.17. The highest BCUT2D eigenvalue weighted by Gasteiger charge is 2.20. The highest BCUT2D eigenvalue weighted by molar-refractivity contribution is 6.35. The molecule has 0 bridgehead atoms. The van der Waals surface area contributed by atoms with Gasteiger partial charge in [-0.3, -0.25) is 14.3 Å². The molecule has 0 aliphatic rings. The van der Waals surface area contributed by atoms with Gasteiger partial charge in [-0.25, -0.2) is 4.79 Å². The van der Waals surface area contributed by atoms with Crippen LogP contribution in [0.5, 0.6) is 5.75 Å². The predicted molar refractivity (Wildman–Crippen MR) is 117 cm³/mol. The first-order valence-corrected chi connectivity index (χ1v) is 10.1. The van der Waals surface area contributed by atoms with Gasteiger partial charge in [-0.05, 0) is 24.1 Å². The minimum Gasteiger partial charge on any atom is -0.489 e. The standard InChI is InChI=1S/C19H23Cl2N5O4/c1-10(2)7-22-18-23-16-15(17(28)24-19(29)25(16)3)26(18)8-12(27)9-30-14-5-4-11(20)6-13(14)21/h4-6,10,12,27H,7-9H2,1-3H3,(H,22,23)(H,24,28,29). The molecular weight excluding hydrogens is 433 g/mol. The molecule has 0 saturated carbocycles. The summed E-state index contributed by atoms with van der Waals surface area (Å²) in [4.78, 5) is 31.1. The minimum absolute atomic E-state index is 0.0173. The van der Waals surface area contributed by atoms with Gasteiger partial charge in [0, 0.05) is 18.6 Å². The first-order valence-electron chi connectivity index (χ1n) is 9.36. The van der Waals surface area contributed by atoms with Crippen molar-refractivity contribution in [1.82, 2.24) is 19.1 Å². The maximum absolute atomic E-state index is 12.5. The fourth-order valence-corrected chi connectivity index (χ4v) is 3.35. The number of hydrogen-bond donors (Lipinski definition) is 3. The van der Waals surface area contributed by atoms with E-state index in [9.17, 15) is 14.7 Å². The molecule has 30 heavy (non-hydrogen) atoms. The van der Waals surface area contributed by atoms with E-state index in [0.29, 0.717) is 34.2 Å². The summed E-state index contributed by atoms with van der Waals surface area (Å²) in [6, 6.07) is 4.79. The Bertz CT molecular complexity index is 1170. The Kier molecular flexibility index (Phi) is 6.74. The number of nitrogens with zero attached hydrogens (tertiary/aromatic N) is 3. The van der Waals surface area contributed by atoms with E-state index in [-0.39, 0.29) is 24.3 Å². The van der Waals surface area contributed by atoms with Gasteiger partial charge < -0.3 is 19.7 Å². The van der Waals surface area contributed by atoms with Gasteiger partial charge in [0.15, 0.2) is 11.2 Å². The second-order valence-corrected chi connectivity index (χ2v) is 8.19. The van der Waals surface area contributed by atoms with Gasteiger partial charge in [-0.15, -0.1) is 0 Å². The number of halogens is 2. The molecule has 0 saturated heterocycles. The van der Waals surface area contributed by atoms with Crippen LogP contribution in [0.4, 0.5) is 5.95 Å². The molecule has 9 nitrogen and oxygen atoms in total. The van der Waals surface area contributed by atoms with Crippen molar-refractivity contribution in [3.05, 3.63) is 49.1 Å². The number of rotatable bonds is 8. The van der Waals surface area contributed by atoms with Crippen molar-refractivity contribution in [2.45, 2.75) is 26.5 Å². The van der Waals surface area contributed by atoms with Crippen molar-refractivity contribution in [3.8, 4) is 5.75 Å². The van der Waals surface area contributed by atoms with Crippen LogP contribution in [0.15, 0.2) is 27.8 Å². The quantitative estimate of drug-likeness (QED) is 0.479. The van der Waals surface area contributed by atoms with Crippen LogP contribution in [-0.2, 0) is 13.6 Å². The maximum Gasteiger partial charge on any atom is 0.329 e. The molecule has 11 heteroatoms. The minimum atomic E-state index is -0.981. The SMILES string of the molecule is CC(C)CNc1nc2c(c(=O)[nH]c(=O)n2C)n1CC(O)COc1ccc(Cl)cc1Cl. The Morgan fingerprint density at radius 3 is 2.70 bits per heavy atom. The number of aromatic amines is 1. The molecule has 3 N–H and O–H groups in total. The number of imidazole rings is 1. The van der Waals surface area contributed by atoms with Crippen molar-refractivity contribution in [2.24, 2.45) is 13.0 Å². The van der Waals surface area contributed by atoms with E-state index < -0.39 is 17.4 Å². The summed E-state index contributed by atoms with van der Waals surface area (Å²) in [6.07, 6.45) is -0.981. The molecule has 2 heterocycles. The summed E-state index contributed by atoms with van der Waals surface area (Å²) in [5, 5.41) is 14.5. The number of ether oxygens (including phenoxy) is 1. The lowest BCUT2D eigenvalue weighted by molar-refractivity contribution is 0.0939. The largest absolute Gasteiger partial charge is 0.489 e. The van der Waals surface area contributed by atoms with Crippen molar-refractivity contribution in [3.63, 3.8) is 0 Å². The number of fused-ring (bicyclic) bond motifs is 1. The third-order valence-corrected chi connectivity index (χ3v) is 4.92. The smallest absolute Gasteiger partial charge is 0.329 e. The number of aliphatic hydroxyl groups excluding tert-OH is 1. The number of benzene rings is 1. The molecule has 162 valence electrons. The van der Waals surface area contributed by atoms with Crippen molar-refractivity contribution >= 4 is 40.3 Å². The molecule has 0 amide bonds. The van der Waals surface area contributed by atoms with Gasteiger partial charge in [0.05, 0.1) is 11.6 Å². The monoisotopic (exact) mass is 455 g/mol. The van der Waals surface area contributed by atoms with Crippen molar-refractivity contribution in [1.29, 1.82) is 0 Å². The van der Waals surface area contributed by atoms with Crippen LogP contribution in [0.25, 0.3) is 11.2 Å². The Hall–Kier alpha value is -2.49. The highest BCUT2D eigenvalue weighted by Crippen LogP contribution is 2.27.